The Balaban J connectivity index is 1.75. The first kappa shape index (κ1) is 17.5. The highest BCUT2D eigenvalue weighted by Gasteiger charge is 2.27. The van der Waals surface area contributed by atoms with Gasteiger partial charge in [0.15, 0.2) is 5.82 Å². The van der Waals surface area contributed by atoms with E-state index in [2.05, 4.69) is 37.3 Å². The van der Waals surface area contributed by atoms with Gasteiger partial charge in [0.05, 0.1) is 36.6 Å². The number of nitrogens with two attached hydrogens (primary N) is 1. The molecule has 1 saturated heterocycles. The molecule has 3 heterocycles. The standard InChI is InChI=1S/C18H23N7O2/c1-10-9-27-12(8-26)7-25(10)16-6-14(21-18(20-2)22-16)11-3-4-13-15(5-11)23-24-17(13)19/h3-6,10,12,26H,7-9H2,1-2H3,(H3,19,23,24)(H,20,21,22)/t10-,12+/m1/s1. The number of nitrogens with zero attached hydrogens (tertiary/aromatic N) is 4. The molecule has 2 aromatic heterocycles. The predicted molar refractivity (Wildman–Crippen MR) is 105 cm³/mol. The van der Waals surface area contributed by atoms with Gasteiger partial charge in [-0.3, -0.25) is 5.10 Å². The lowest BCUT2D eigenvalue weighted by molar-refractivity contribution is -0.0105. The van der Waals surface area contributed by atoms with Gasteiger partial charge < -0.3 is 25.8 Å². The Hall–Kier alpha value is -2.91. The summed E-state index contributed by atoms with van der Waals surface area (Å²) < 4.78 is 5.64. The van der Waals surface area contributed by atoms with Crippen molar-refractivity contribution in [1.82, 2.24) is 20.2 Å². The molecule has 9 nitrogen and oxygen atoms in total. The van der Waals surface area contributed by atoms with Gasteiger partial charge in [0.1, 0.15) is 5.82 Å². The van der Waals surface area contributed by atoms with Crippen molar-refractivity contribution in [3.8, 4) is 11.3 Å². The van der Waals surface area contributed by atoms with E-state index < -0.39 is 0 Å². The van der Waals surface area contributed by atoms with E-state index in [0.717, 1.165) is 28.0 Å². The van der Waals surface area contributed by atoms with Crippen LogP contribution in [0.1, 0.15) is 6.92 Å². The van der Waals surface area contributed by atoms with Crippen LogP contribution in [0.5, 0.6) is 0 Å². The first-order chi connectivity index (χ1) is 13.1. The van der Waals surface area contributed by atoms with E-state index in [9.17, 15) is 5.11 Å². The average Bonchev–Trinajstić information content (AvgIpc) is 3.08. The van der Waals surface area contributed by atoms with Crippen molar-refractivity contribution in [3.05, 3.63) is 24.3 Å². The average molecular weight is 369 g/mol. The molecule has 0 spiro atoms. The molecule has 0 amide bonds. The molecule has 2 atom stereocenters. The van der Waals surface area contributed by atoms with Gasteiger partial charge in [-0.15, -0.1) is 0 Å². The van der Waals surface area contributed by atoms with Crippen molar-refractivity contribution in [2.75, 3.05) is 42.8 Å². The van der Waals surface area contributed by atoms with Gasteiger partial charge >= 0.3 is 0 Å². The fourth-order valence-electron chi connectivity index (χ4n) is 3.29. The maximum Gasteiger partial charge on any atom is 0.224 e. The number of rotatable bonds is 4. The lowest BCUT2D eigenvalue weighted by Crippen LogP contribution is -2.50. The number of fused-ring (bicyclic) bond motifs is 1. The first-order valence-corrected chi connectivity index (χ1v) is 8.89. The summed E-state index contributed by atoms with van der Waals surface area (Å²) in [5.74, 6) is 1.81. The molecule has 0 unspecified atom stereocenters. The molecule has 27 heavy (non-hydrogen) atoms. The van der Waals surface area contributed by atoms with Crippen molar-refractivity contribution >= 4 is 28.5 Å². The number of nitrogens with one attached hydrogen (secondary N) is 2. The number of morpholine rings is 1. The van der Waals surface area contributed by atoms with Gasteiger partial charge in [0.2, 0.25) is 5.95 Å². The van der Waals surface area contributed by atoms with E-state index >= 15 is 0 Å². The van der Waals surface area contributed by atoms with E-state index in [1.165, 1.54) is 0 Å². The van der Waals surface area contributed by atoms with Crippen LogP contribution in [-0.4, -0.2) is 64.2 Å². The molecular weight excluding hydrogens is 346 g/mol. The van der Waals surface area contributed by atoms with E-state index in [4.69, 9.17) is 10.5 Å². The van der Waals surface area contributed by atoms with Crippen LogP contribution in [0.3, 0.4) is 0 Å². The monoisotopic (exact) mass is 369 g/mol. The number of H-pyrrole nitrogens is 1. The van der Waals surface area contributed by atoms with Gasteiger partial charge in [-0.2, -0.15) is 10.1 Å². The summed E-state index contributed by atoms with van der Waals surface area (Å²) in [5.41, 5.74) is 8.44. The highest BCUT2D eigenvalue weighted by Crippen LogP contribution is 2.29. The third-order valence-electron chi connectivity index (χ3n) is 4.83. The van der Waals surface area contributed by atoms with Crippen LogP contribution in [-0.2, 0) is 4.74 Å². The molecule has 0 bridgehead atoms. The number of aromatic nitrogens is 4. The summed E-state index contributed by atoms with van der Waals surface area (Å²) in [6.07, 6.45) is -0.220. The van der Waals surface area contributed by atoms with Crippen LogP contribution in [0.2, 0.25) is 0 Å². The van der Waals surface area contributed by atoms with Crippen molar-refractivity contribution in [3.63, 3.8) is 0 Å². The van der Waals surface area contributed by atoms with Crippen LogP contribution in [0.4, 0.5) is 17.6 Å². The molecule has 4 rings (SSSR count). The Bertz CT molecular complexity index is 958. The number of aliphatic hydroxyl groups excluding tert-OH is 1. The van der Waals surface area contributed by atoms with Crippen LogP contribution >= 0.6 is 0 Å². The van der Waals surface area contributed by atoms with Crippen molar-refractivity contribution < 1.29 is 9.84 Å². The van der Waals surface area contributed by atoms with E-state index in [-0.39, 0.29) is 18.8 Å². The number of hydrogen-bond acceptors (Lipinski definition) is 8. The van der Waals surface area contributed by atoms with Crippen LogP contribution in [0.25, 0.3) is 22.2 Å². The molecule has 9 heteroatoms. The van der Waals surface area contributed by atoms with Crippen molar-refractivity contribution in [1.29, 1.82) is 0 Å². The SMILES string of the molecule is CNc1nc(-c2ccc3c(N)n[nH]c3c2)cc(N2C[C@@H](CO)OC[C@H]2C)n1. The zero-order valence-corrected chi connectivity index (χ0v) is 15.3. The normalized spacial score (nSPS) is 20.2. The Morgan fingerprint density at radius 1 is 1.37 bits per heavy atom. The Labute approximate surface area is 156 Å². The molecular formula is C18H23N7O2. The number of benzene rings is 1. The molecule has 1 aromatic carbocycles. The minimum absolute atomic E-state index is 0.0159. The number of aliphatic hydroxyl groups is 1. The molecule has 0 aliphatic carbocycles. The number of aromatic amines is 1. The summed E-state index contributed by atoms with van der Waals surface area (Å²) in [5, 5.41) is 20.4. The minimum Gasteiger partial charge on any atom is -0.394 e. The maximum atomic E-state index is 9.46. The van der Waals surface area contributed by atoms with Crippen LogP contribution in [0, 0.1) is 0 Å². The Kier molecular flexibility index (Phi) is 4.54. The molecule has 1 aliphatic rings. The second-order valence-corrected chi connectivity index (χ2v) is 6.69. The fraction of sp³-hybridized carbons (Fsp3) is 0.389. The third-order valence-corrected chi connectivity index (χ3v) is 4.83. The molecule has 3 aromatic rings. The second kappa shape index (κ2) is 7.01. The van der Waals surface area contributed by atoms with Gasteiger partial charge in [-0.25, -0.2) is 4.98 Å². The van der Waals surface area contributed by atoms with Crippen molar-refractivity contribution in [2.45, 2.75) is 19.1 Å². The minimum atomic E-state index is -0.220. The Morgan fingerprint density at radius 2 is 2.22 bits per heavy atom. The number of hydrogen-bond donors (Lipinski definition) is 4. The summed E-state index contributed by atoms with van der Waals surface area (Å²) >= 11 is 0. The topological polar surface area (TPSA) is 125 Å². The number of ether oxygens (including phenoxy) is 1. The van der Waals surface area contributed by atoms with Gasteiger partial charge in [0, 0.05) is 30.6 Å². The zero-order valence-electron chi connectivity index (χ0n) is 15.3. The molecule has 0 saturated carbocycles. The lowest BCUT2D eigenvalue weighted by Gasteiger charge is -2.38. The number of nitrogen functional groups attached to an aromatic ring is 1. The smallest absolute Gasteiger partial charge is 0.224 e. The maximum absolute atomic E-state index is 9.46. The van der Waals surface area contributed by atoms with Gasteiger partial charge in [0.25, 0.3) is 0 Å². The third kappa shape index (κ3) is 3.26. The highest BCUT2D eigenvalue weighted by atomic mass is 16.5. The van der Waals surface area contributed by atoms with Gasteiger partial charge in [-0.1, -0.05) is 6.07 Å². The fourth-order valence-corrected chi connectivity index (χ4v) is 3.29. The van der Waals surface area contributed by atoms with Crippen LogP contribution in [0.15, 0.2) is 24.3 Å². The lowest BCUT2D eigenvalue weighted by atomic mass is 10.1. The summed E-state index contributed by atoms with van der Waals surface area (Å²) in [6.45, 7) is 3.18. The second-order valence-electron chi connectivity index (χ2n) is 6.69. The predicted octanol–water partition coefficient (Wildman–Crippen LogP) is 1.23. The first-order valence-electron chi connectivity index (χ1n) is 8.89. The summed E-state index contributed by atoms with van der Waals surface area (Å²) in [6, 6.07) is 7.99. The van der Waals surface area contributed by atoms with Crippen LogP contribution < -0.4 is 16.0 Å². The largest absolute Gasteiger partial charge is 0.394 e. The zero-order chi connectivity index (χ0) is 19.0. The van der Waals surface area contributed by atoms with E-state index in [1.54, 1.807) is 7.05 Å². The highest BCUT2D eigenvalue weighted by molar-refractivity contribution is 5.91. The Morgan fingerprint density at radius 3 is 3.00 bits per heavy atom. The van der Waals surface area contributed by atoms with E-state index in [0.29, 0.717) is 24.9 Å². The van der Waals surface area contributed by atoms with Crippen molar-refractivity contribution in [2.24, 2.45) is 0 Å². The molecule has 5 N–H and O–H groups in total. The summed E-state index contributed by atoms with van der Waals surface area (Å²) in [4.78, 5) is 11.4. The summed E-state index contributed by atoms with van der Waals surface area (Å²) in [7, 11) is 1.79. The quantitative estimate of drug-likeness (QED) is 0.541. The molecule has 142 valence electrons. The molecule has 0 radical (unpaired) electrons. The number of anilines is 3. The van der Waals surface area contributed by atoms with E-state index in [1.807, 2.05) is 24.3 Å². The molecule has 1 fully saturated rings. The van der Waals surface area contributed by atoms with Gasteiger partial charge in [-0.05, 0) is 19.1 Å². The molecule has 1 aliphatic heterocycles.